The Kier molecular flexibility index (Phi) is 7.55. The number of unbranched alkanes of at least 4 members (excludes halogenated alkanes) is 1. The smallest absolute Gasteiger partial charge is 0.232 e. The molecule has 0 saturated carbocycles. The van der Waals surface area contributed by atoms with E-state index in [1.54, 1.807) is 6.07 Å². The summed E-state index contributed by atoms with van der Waals surface area (Å²) in [7, 11) is -3.26. The lowest BCUT2D eigenvalue weighted by Gasteiger charge is -2.11. The lowest BCUT2D eigenvalue weighted by molar-refractivity contribution is 0.590. The van der Waals surface area contributed by atoms with Gasteiger partial charge >= 0.3 is 0 Å². The summed E-state index contributed by atoms with van der Waals surface area (Å²) in [6, 6.07) is 5.51. The molecule has 0 heterocycles. The predicted octanol–water partition coefficient (Wildman–Crippen LogP) is 3.28. The summed E-state index contributed by atoms with van der Waals surface area (Å²) in [5.41, 5.74) is 1.56. The van der Waals surface area contributed by atoms with Crippen molar-refractivity contribution in [1.29, 1.82) is 0 Å². The summed E-state index contributed by atoms with van der Waals surface area (Å²) >= 11 is 3.36. The van der Waals surface area contributed by atoms with Gasteiger partial charge < -0.3 is 5.32 Å². The van der Waals surface area contributed by atoms with E-state index in [0.717, 1.165) is 36.0 Å². The van der Waals surface area contributed by atoms with Crippen molar-refractivity contribution < 1.29 is 8.42 Å². The Morgan fingerprint density at radius 2 is 1.95 bits per heavy atom. The van der Waals surface area contributed by atoms with Gasteiger partial charge in [0.2, 0.25) is 10.0 Å². The van der Waals surface area contributed by atoms with Crippen LogP contribution < -0.4 is 10.0 Å². The summed E-state index contributed by atoms with van der Waals surface area (Å²) in [5.74, 6) is 0.163. The van der Waals surface area contributed by atoms with Gasteiger partial charge in [-0.1, -0.05) is 22.9 Å². The Labute approximate surface area is 130 Å². The van der Waals surface area contributed by atoms with Gasteiger partial charge in [-0.25, -0.2) is 8.42 Å². The van der Waals surface area contributed by atoms with Gasteiger partial charge in [0.1, 0.15) is 0 Å². The summed E-state index contributed by atoms with van der Waals surface area (Å²) < 4.78 is 27.6. The zero-order chi connectivity index (χ0) is 15.0. The van der Waals surface area contributed by atoms with E-state index in [1.807, 2.05) is 19.1 Å². The average Bonchev–Trinajstić information content (AvgIpc) is 2.37. The van der Waals surface area contributed by atoms with Crippen LogP contribution in [0, 0.1) is 6.92 Å². The van der Waals surface area contributed by atoms with Crippen molar-refractivity contribution in [3.05, 3.63) is 28.2 Å². The van der Waals surface area contributed by atoms with E-state index >= 15 is 0 Å². The Hall–Kier alpha value is -0.590. The van der Waals surface area contributed by atoms with Crippen LogP contribution in [0.15, 0.2) is 22.7 Å². The van der Waals surface area contributed by atoms with Crippen molar-refractivity contribution in [2.45, 2.75) is 33.1 Å². The predicted molar refractivity (Wildman–Crippen MR) is 88.7 cm³/mol. The largest absolute Gasteiger partial charge is 0.317 e. The molecule has 0 aliphatic rings. The molecule has 0 aliphatic carbocycles. The van der Waals surface area contributed by atoms with Crippen molar-refractivity contribution in [1.82, 2.24) is 5.32 Å². The molecule has 6 heteroatoms. The second-order valence-electron chi connectivity index (χ2n) is 4.84. The SMILES string of the molecule is CCCNCCCCS(=O)(=O)Nc1ccc(Br)cc1C. The normalized spacial score (nSPS) is 11.6. The number of hydrogen-bond donors (Lipinski definition) is 2. The van der Waals surface area contributed by atoms with Crippen molar-refractivity contribution in [3.63, 3.8) is 0 Å². The van der Waals surface area contributed by atoms with Gasteiger partial charge in [0.25, 0.3) is 0 Å². The first-order valence-electron chi connectivity index (χ1n) is 6.92. The monoisotopic (exact) mass is 362 g/mol. The fourth-order valence-electron chi connectivity index (χ4n) is 1.80. The van der Waals surface area contributed by atoms with E-state index < -0.39 is 10.0 Å². The summed E-state index contributed by atoms with van der Waals surface area (Å²) in [6.07, 6.45) is 2.64. The molecule has 0 fully saturated rings. The average molecular weight is 363 g/mol. The van der Waals surface area contributed by atoms with Gasteiger partial charge in [0, 0.05) is 4.47 Å². The lowest BCUT2D eigenvalue weighted by atomic mass is 10.2. The molecular weight excluding hydrogens is 340 g/mol. The molecule has 1 aromatic carbocycles. The number of sulfonamides is 1. The Morgan fingerprint density at radius 3 is 2.60 bits per heavy atom. The minimum Gasteiger partial charge on any atom is -0.317 e. The van der Waals surface area contributed by atoms with Crippen LogP contribution in [0.5, 0.6) is 0 Å². The van der Waals surface area contributed by atoms with Crippen molar-refractivity contribution >= 4 is 31.6 Å². The summed E-state index contributed by atoms with van der Waals surface area (Å²) in [5, 5.41) is 3.27. The zero-order valence-electron chi connectivity index (χ0n) is 12.1. The quantitative estimate of drug-likeness (QED) is 0.662. The Morgan fingerprint density at radius 1 is 1.20 bits per heavy atom. The standard InChI is InChI=1S/C14H23BrN2O2S/c1-3-8-16-9-4-5-10-20(18,19)17-14-7-6-13(15)11-12(14)2/h6-7,11,16-17H,3-5,8-10H2,1-2H3. The first-order chi connectivity index (χ1) is 9.44. The first-order valence-corrected chi connectivity index (χ1v) is 9.36. The molecule has 0 amide bonds. The summed E-state index contributed by atoms with van der Waals surface area (Å²) in [4.78, 5) is 0. The van der Waals surface area contributed by atoms with Crippen LogP contribution in [0.3, 0.4) is 0 Å². The summed E-state index contributed by atoms with van der Waals surface area (Å²) in [6.45, 7) is 5.86. The van der Waals surface area contributed by atoms with Crippen LogP contribution in [0.25, 0.3) is 0 Å². The molecule has 0 aromatic heterocycles. The molecule has 0 saturated heterocycles. The van der Waals surface area contributed by atoms with Crippen LogP contribution in [0.4, 0.5) is 5.69 Å². The highest BCUT2D eigenvalue weighted by Crippen LogP contribution is 2.21. The van der Waals surface area contributed by atoms with E-state index in [9.17, 15) is 8.42 Å². The van der Waals surface area contributed by atoms with Crippen LogP contribution >= 0.6 is 15.9 Å². The van der Waals surface area contributed by atoms with E-state index in [2.05, 4.69) is 32.9 Å². The molecule has 20 heavy (non-hydrogen) atoms. The molecule has 1 rings (SSSR count). The Balaban J connectivity index is 2.41. The topological polar surface area (TPSA) is 58.2 Å². The highest BCUT2D eigenvalue weighted by molar-refractivity contribution is 9.10. The molecule has 0 unspecified atom stereocenters. The number of halogens is 1. The maximum absolute atomic E-state index is 12.0. The first kappa shape index (κ1) is 17.5. The van der Waals surface area contributed by atoms with Gasteiger partial charge in [-0.15, -0.1) is 0 Å². The number of benzene rings is 1. The van der Waals surface area contributed by atoms with Crippen LogP contribution in [0.1, 0.15) is 31.7 Å². The van der Waals surface area contributed by atoms with Gasteiger partial charge in [0.15, 0.2) is 0 Å². The van der Waals surface area contributed by atoms with Crippen molar-refractivity contribution in [3.8, 4) is 0 Å². The van der Waals surface area contributed by atoms with Gasteiger partial charge in [-0.3, -0.25) is 4.72 Å². The maximum Gasteiger partial charge on any atom is 0.232 e. The molecule has 0 atom stereocenters. The molecule has 0 radical (unpaired) electrons. The fraction of sp³-hybridized carbons (Fsp3) is 0.571. The number of nitrogens with one attached hydrogen (secondary N) is 2. The lowest BCUT2D eigenvalue weighted by Crippen LogP contribution is -2.20. The molecule has 0 spiro atoms. The van der Waals surface area contributed by atoms with Gasteiger partial charge in [-0.05, 0) is 63.0 Å². The van der Waals surface area contributed by atoms with Gasteiger partial charge in [0.05, 0.1) is 11.4 Å². The third-order valence-electron chi connectivity index (χ3n) is 2.90. The fourth-order valence-corrected chi connectivity index (χ4v) is 3.53. The van der Waals surface area contributed by atoms with Gasteiger partial charge in [-0.2, -0.15) is 0 Å². The number of rotatable bonds is 9. The molecule has 114 valence electrons. The third kappa shape index (κ3) is 6.72. The molecular formula is C14H23BrN2O2S. The Bertz CT molecular complexity index is 518. The molecule has 1 aromatic rings. The van der Waals surface area contributed by atoms with E-state index in [0.29, 0.717) is 12.1 Å². The molecule has 0 aliphatic heterocycles. The van der Waals surface area contributed by atoms with E-state index in [4.69, 9.17) is 0 Å². The molecule has 4 nitrogen and oxygen atoms in total. The van der Waals surface area contributed by atoms with Crippen LogP contribution in [-0.2, 0) is 10.0 Å². The minimum absolute atomic E-state index is 0.163. The molecule has 2 N–H and O–H groups in total. The van der Waals surface area contributed by atoms with E-state index in [-0.39, 0.29) is 5.75 Å². The third-order valence-corrected chi connectivity index (χ3v) is 4.75. The number of anilines is 1. The van der Waals surface area contributed by atoms with Crippen molar-refractivity contribution in [2.75, 3.05) is 23.6 Å². The maximum atomic E-state index is 12.0. The second-order valence-corrected chi connectivity index (χ2v) is 7.59. The van der Waals surface area contributed by atoms with Crippen molar-refractivity contribution in [2.24, 2.45) is 0 Å². The number of aryl methyl sites for hydroxylation is 1. The van der Waals surface area contributed by atoms with Crippen LogP contribution in [-0.4, -0.2) is 27.3 Å². The second kappa shape index (κ2) is 8.64. The zero-order valence-corrected chi connectivity index (χ0v) is 14.5. The highest BCUT2D eigenvalue weighted by Gasteiger charge is 2.11. The molecule has 0 bridgehead atoms. The highest BCUT2D eigenvalue weighted by atomic mass is 79.9. The minimum atomic E-state index is -3.26. The van der Waals surface area contributed by atoms with E-state index in [1.165, 1.54) is 0 Å². The number of hydrogen-bond acceptors (Lipinski definition) is 3. The van der Waals surface area contributed by atoms with Crippen LogP contribution in [0.2, 0.25) is 0 Å².